The molecule has 3 aromatic rings. The minimum Gasteiger partial charge on any atom is -0.495 e. The highest BCUT2D eigenvalue weighted by Crippen LogP contribution is 2.29. The summed E-state index contributed by atoms with van der Waals surface area (Å²) in [7, 11) is 1.00. The van der Waals surface area contributed by atoms with Crippen LogP contribution in [0.4, 0.5) is 11.4 Å². The number of aryl methyl sites for hydroxylation is 2. The van der Waals surface area contributed by atoms with E-state index in [9.17, 15) is 18.0 Å². The molecular formula is C19H22N4O5S. The van der Waals surface area contributed by atoms with Crippen molar-refractivity contribution in [3.8, 4) is 5.75 Å². The summed E-state index contributed by atoms with van der Waals surface area (Å²) in [5.41, 5.74) is 1.93. The van der Waals surface area contributed by atoms with Gasteiger partial charge in [-0.15, -0.1) is 0 Å². The van der Waals surface area contributed by atoms with Gasteiger partial charge in [0.2, 0.25) is 15.9 Å². The van der Waals surface area contributed by atoms with E-state index in [4.69, 9.17) is 4.74 Å². The number of carbonyl (C=O) groups is 1. The molecule has 0 radical (unpaired) electrons. The van der Waals surface area contributed by atoms with Crippen LogP contribution in [0.15, 0.2) is 47.3 Å². The molecule has 0 saturated heterocycles. The first-order chi connectivity index (χ1) is 13.6. The molecule has 0 fully saturated rings. The molecule has 0 saturated carbocycles. The minimum absolute atomic E-state index is 0.178. The number of hydrogen-bond acceptors (Lipinski definition) is 5. The van der Waals surface area contributed by atoms with Gasteiger partial charge in [-0.05, 0) is 30.3 Å². The molecule has 1 N–H and O–H groups in total. The van der Waals surface area contributed by atoms with E-state index in [1.165, 1.54) is 16.2 Å². The van der Waals surface area contributed by atoms with Gasteiger partial charge in [0.25, 0.3) is 0 Å². The number of rotatable bonds is 6. The normalized spacial score (nSPS) is 11.4. The van der Waals surface area contributed by atoms with E-state index in [1.807, 2.05) is 0 Å². The van der Waals surface area contributed by atoms with E-state index in [2.05, 4.69) is 5.32 Å². The number of methoxy groups -OCH3 is 1. The number of nitrogens with one attached hydrogen (secondary N) is 1. The van der Waals surface area contributed by atoms with Gasteiger partial charge in [0.15, 0.2) is 0 Å². The number of fused-ring (bicyclic) bond motifs is 1. The number of carbonyl (C=O) groups excluding carboxylic acids is 1. The minimum atomic E-state index is -3.74. The zero-order valence-electron chi connectivity index (χ0n) is 16.5. The highest BCUT2D eigenvalue weighted by molar-refractivity contribution is 7.92. The van der Waals surface area contributed by atoms with Crippen molar-refractivity contribution < 1.29 is 17.9 Å². The number of amides is 1. The number of nitrogens with zero attached hydrogens (tertiary/aromatic N) is 3. The molecule has 0 aliphatic rings. The van der Waals surface area contributed by atoms with Crippen LogP contribution >= 0.6 is 0 Å². The van der Waals surface area contributed by atoms with Crippen molar-refractivity contribution >= 4 is 38.3 Å². The van der Waals surface area contributed by atoms with Gasteiger partial charge in [-0.25, -0.2) is 13.2 Å². The molecular weight excluding hydrogens is 396 g/mol. The molecule has 9 nitrogen and oxygen atoms in total. The fourth-order valence-electron chi connectivity index (χ4n) is 3.13. The maximum absolute atomic E-state index is 12.6. The Morgan fingerprint density at radius 3 is 2.41 bits per heavy atom. The molecule has 10 heteroatoms. The summed E-state index contributed by atoms with van der Waals surface area (Å²) in [4.78, 5) is 24.7. The summed E-state index contributed by atoms with van der Waals surface area (Å²) in [5.74, 6) is -0.187. The van der Waals surface area contributed by atoms with Crippen molar-refractivity contribution in [2.75, 3.05) is 29.5 Å². The average Bonchev–Trinajstić information content (AvgIpc) is 2.89. The number of imidazole rings is 1. The van der Waals surface area contributed by atoms with Crippen LogP contribution < -0.4 is 20.0 Å². The van der Waals surface area contributed by atoms with E-state index in [-0.39, 0.29) is 11.4 Å². The summed E-state index contributed by atoms with van der Waals surface area (Å²) in [6.45, 7) is -0.426. The number of anilines is 2. The van der Waals surface area contributed by atoms with Crippen LogP contribution in [0.25, 0.3) is 11.0 Å². The van der Waals surface area contributed by atoms with Gasteiger partial charge in [0.1, 0.15) is 12.3 Å². The van der Waals surface area contributed by atoms with Crippen molar-refractivity contribution in [3.63, 3.8) is 0 Å². The zero-order chi connectivity index (χ0) is 21.3. The van der Waals surface area contributed by atoms with Crippen molar-refractivity contribution in [2.45, 2.75) is 0 Å². The van der Waals surface area contributed by atoms with Crippen LogP contribution in [-0.4, -0.2) is 43.4 Å². The van der Waals surface area contributed by atoms with E-state index in [0.717, 1.165) is 16.1 Å². The van der Waals surface area contributed by atoms with Crippen LogP contribution in [0.1, 0.15) is 0 Å². The zero-order valence-corrected chi connectivity index (χ0v) is 17.4. The standard InChI is InChI=1S/C19H22N4O5S/c1-21-14-10-9-13(11-16(14)22(2)19(21)25)20-18(24)12-23(29(4,26)27)15-7-5-6-8-17(15)28-3/h5-11H,12H2,1-4H3,(H,20,24). The Morgan fingerprint density at radius 1 is 1.10 bits per heavy atom. The second kappa shape index (κ2) is 7.63. The fraction of sp³-hybridized carbons (Fsp3) is 0.263. The molecule has 1 heterocycles. The van der Waals surface area contributed by atoms with Gasteiger partial charge in [0, 0.05) is 19.8 Å². The predicted molar refractivity (Wildman–Crippen MR) is 112 cm³/mol. The number of para-hydroxylation sites is 2. The Hall–Kier alpha value is -3.27. The fourth-order valence-corrected chi connectivity index (χ4v) is 3.99. The van der Waals surface area contributed by atoms with Gasteiger partial charge < -0.3 is 10.1 Å². The van der Waals surface area contributed by atoms with Gasteiger partial charge in [-0.3, -0.25) is 18.2 Å². The van der Waals surface area contributed by atoms with Crippen molar-refractivity contribution in [1.82, 2.24) is 9.13 Å². The summed E-state index contributed by atoms with van der Waals surface area (Å²) in [5, 5.41) is 2.69. The molecule has 0 unspecified atom stereocenters. The lowest BCUT2D eigenvalue weighted by atomic mass is 10.2. The Morgan fingerprint density at radius 2 is 1.76 bits per heavy atom. The third-order valence-corrected chi connectivity index (χ3v) is 5.72. The molecule has 0 aliphatic carbocycles. The van der Waals surface area contributed by atoms with Crippen LogP contribution in [0, 0.1) is 0 Å². The number of sulfonamides is 1. The van der Waals surface area contributed by atoms with Crippen LogP contribution in [0.2, 0.25) is 0 Å². The van der Waals surface area contributed by atoms with Gasteiger partial charge in [0.05, 0.1) is 30.1 Å². The first-order valence-electron chi connectivity index (χ1n) is 8.69. The predicted octanol–water partition coefficient (Wildman–Crippen LogP) is 1.29. The van der Waals surface area contributed by atoms with E-state index < -0.39 is 22.5 Å². The quantitative estimate of drug-likeness (QED) is 0.650. The smallest absolute Gasteiger partial charge is 0.328 e. The second-order valence-electron chi connectivity index (χ2n) is 6.59. The van der Waals surface area contributed by atoms with Crippen molar-refractivity contribution in [2.24, 2.45) is 14.1 Å². The number of aromatic nitrogens is 2. The molecule has 154 valence electrons. The topological polar surface area (TPSA) is 103 Å². The Balaban J connectivity index is 1.89. The molecule has 1 amide bonds. The number of ether oxygens (including phenoxy) is 1. The lowest BCUT2D eigenvalue weighted by molar-refractivity contribution is -0.114. The molecule has 0 atom stereocenters. The lowest BCUT2D eigenvalue weighted by Crippen LogP contribution is -2.37. The number of benzene rings is 2. The highest BCUT2D eigenvalue weighted by atomic mass is 32.2. The largest absolute Gasteiger partial charge is 0.495 e. The lowest BCUT2D eigenvalue weighted by Gasteiger charge is -2.23. The molecule has 2 aromatic carbocycles. The average molecular weight is 418 g/mol. The van der Waals surface area contributed by atoms with Crippen LogP contribution in [0.3, 0.4) is 0 Å². The van der Waals surface area contributed by atoms with E-state index in [1.54, 1.807) is 56.6 Å². The molecule has 0 spiro atoms. The monoisotopic (exact) mass is 418 g/mol. The maximum Gasteiger partial charge on any atom is 0.328 e. The number of hydrogen-bond donors (Lipinski definition) is 1. The van der Waals surface area contributed by atoms with Gasteiger partial charge >= 0.3 is 5.69 Å². The van der Waals surface area contributed by atoms with Crippen molar-refractivity contribution in [1.29, 1.82) is 0 Å². The summed E-state index contributed by atoms with van der Waals surface area (Å²) >= 11 is 0. The summed E-state index contributed by atoms with van der Waals surface area (Å²) in [6, 6.07) is 11.6. The third kappa shape index (κ3) is 3.97. The molecule has 1 aromatic heterocycles. The molecule has 3 rings (SSSR count). The maximum atomic E-state index is 12.6. The summed E-state index contributed by atoms with van der Waals surface area (Å²) in [6.07, 6.45) is 1.03. The van der Waals surface area contributed by atoms with Gasteiger partial charge in [-0.2, -0.15) is 0 Å². The Labute approximate surface area is 168 Å². The summed E-state index contributed by atoms with van der Waals surface area (Å²) < 4.78 is 33.8. The van der Waals surface area contributed by atoms with E-state index in [0.29, 0.717) is 17.0 Å². The van der Waals surface area contributed by atoms with E-state index >= 15 is 0 Å². The molecule has 0 aliphatic heterocycles. The first-order valence-corrected chi connectivity index (χ1v) is 10.5. The highest BCUT2D eigenvalue weighted by Gasteiger charge is 2.24. The Kier molecular flexibility index (Phi) is 5.38. The van der Waals surface area contributed by atoms with Gasteiger partial charge in [-0.1, -0.05) is 12.1 Å². The third-order valence-electron chi connectivity index (χ3n) is 4.60. The van der Waals surface area contributed by atoms with Crippen molar-refractivity contribution in [3.05, 3.63) is 52.9 Å². The first kappa shape index (κ1) is 20.5. The van der Waals surface area contributed by atoms with Crippen LogP contribution in [-0.2, 0) is 28.9 Å². The SMILES string of the molecule is COc1ccccc1N(CC(=O)Nc1ccc2c(c1)n(C)c(=O)n2C)S(C)(=O)=O. The Bertz CT molecular complexity index is 1240. The van der Waals surface area contributed by atoms with Crippen LogP contribution in [0.5, 0.6) is 5.75 Å². The second-order valence-corrected chi connectivity index (χ2v) is 8.50. The molecule has 29 heavy (non-hydrogen) atoms. The molecule has 0 bridgehead atoms.